The van der Waals surface area contributed by atoms with Crippen LogP contribution in [0.15, 0.2) is 59.2 Å². The number of ether oxygens (including phenoxy) is 1. The number of aldehydes is 1. The Bertz CT molecular complexity index is 837. The predicted octanol–water partition coefficient (Wildman–Crippen LogP) is 3.84. The first kappa shape index (κ1) is 15.7. The van der Waals surface area contributed by atoms with E-state index < -0.39 is 0 Å². The van der Waals surface area contributed by atoms with Gasteiger partial charge < -0.3 is 9.15 Å². The van der Waals surface area contributed by atoms with Gasteiger partial charge in [0.25, 0.3) is 0 Å². The summed E-state index contributed by atoms with van der Waals surface area (Å²) in [6, 6.07) is 13.3. The van der Waals surface area contributed by atoms with Crippen molar-refractivity contribution in [1.82, 2.24) is 9.97 Å². The molecule has 0 saturated heterocycles. The number of oxazole rings is 1. The second-order valence-electron chi connectivity index (χ2n) is 5.10. The van der Waals surface area contributed by atoms with E-state index in [1.807, 2.05) is 43.3 Å². The van der Waals surface area contributed by atoms with Gasteiger partial charge in [-0.15, -0.1) is 0 Å². The Morgan fingerprint density at radius 2 is 2.00 bits per heavy atom. The molecule has 0 aliphatic heterocycles. The van der Waals surface area contributed by atoms with E-state index in [1.54, 1.807) is 18.3 Å². The Kier molecular flexibility index (Phi) is 4.81. The highest BCUT2D eigenvalue weighted by Crippen LogP contribution is 2.22. The van der Waals surface area contributed by atoms with Crippen LogP contribution in [0.3, 0.4) is 0 Å². The van der Waals surface area contributed by atoms with Gasteiger partial charge in [-0.1, -0.05) is 24.3 Å². The van der Waals surface area contributed by atoms with Crippen molar-refractivity contribution in [2.45, 2.75) is 13.5 Å². The van der Waals surface area contributed by atoms with Crippen LogP contribution in [0.4, 0.5) is 0 Å². The summed E-state index contributed by atoms with van der Waals surface area (Å²) < 4.78 is 11.4. The molecule has 0 N–H and O–H groups in total. The van der Waals surface area contributed by atoms with E-state index in [0.717, 1.165) is 28.9 Å². The molecule has 120 valence electrons. The molecule has 0 fully saturated rings. The lowest BCUT2D eigenvalue weighted by molar-refractivity contribution is -0.104. The quantitative estimate of drug-likeness (QED) is 0.510. The third-order valence-corrected chi connectivity index (χ3v) is 3.40. The molecule has 0 saturated carbocycles. The predicted molar refractivity (Wildman–Crippen MR) is 90.3 cm³/mol. The summed E-state index contributed by atoms with van der Waals surface area (Å²) in [5.41, 5.74) is 2.50. The maximum Gasteiger partial charge on any atom is 0.226 e. The summed E-state index contributed by atoms with van der Waals surface area (Å²) in [7, 11) is 0. The lowest BCUT2D eigenvalue weighted by Crippen LogP contribution is -1.99. The average molecular weight is 320 g/mol. The number of rotatable bonds is 6. The van der Waals surface area contributed by atoms with Gasteiger partial charge in [-0.25, -0.2) is 9.97 Å². The SMILES string of the molecule is Cc1oc(-c2ccccc2)nc1COc1ccc(/C=C/C=O)cn1. The molecule has 24 heavy (non-hydrogen) atoms. The highest BCUT2D eigenvalue weighted by molar-refractivity contribution is 5.73. The third kappa shape index (κ3) is 3.76. The lowest BCUT2D eigenvalue weighted by atomic mass is 10.2. The number of pyridine rings is 1. The Morgan fingerprint density at radius 1 is 1.17 bits per heavy atom. The molecule has 0 amide bonds. The lowest BCUT2D eigenvalue weighted by Gasteiger charge is -2.03. The first-order chi connectivity index (χ1) is 11.8. The molecule has 1 aromatic carbocycles. The number of hydrogen-bond acceptors (Lipinski definition) is 5. The second-order valence-corrected chi connectivity index (χ2v) is 5.10. The molecule has 5 heteroatoms. The van der Waals surface area contributed by atoms with Crippen LogP contribution in [-0.4, -0.2) is 16.3 Å². The number of carbonyl (C=O) groups excluding carboxylic acids is 1. The fraction of sp³-hybridized carbons (Fsp3) is 0.105. The first-order valence-corrected chi connectivity index (χ1v) is 7.48. The van der Waals surface area contributed by atoms with Crippen LogP contribution in [0.2, 0.25) is 0 Å². The van der Waals surface area contributed by atoms with E-state index in [0.29, 0.717) is 11.8 Å². The fourth-order valence-corrected chi connectivity index (χ4v) is 2.13. The summed E-state index contributed by atoms with van der Waals surface area (Å²) in [6.07, 6.45) is 5.46. The molecular formula is C19H16N2O3. The smallest absolute Gasteiger partial charge is 0.226 e. The summed E-state index contributed by atoms with van der Waals surface area (Å²) in [4.78, 5) is 19.0. The zero-order valence-electron chi connectivity index (χ0n) is 13.2. The average Bonchev–Trinajstić information content (AvgIpc) is 3.01. The molecule has 2 aromatic heterocycles. The molecular weight excluding hydrogens is 304 g/mol. The maximum absolute atomic E-state index is 10.3. The van der Waals surface area contributed by atoms with Crippen molar-refractivity contribution in [3.63, 3.8) is 0 Å². The van der Waals surface area contributed by atoms with Crippen LogP contribution >= 0.6 is 0 Å². The number of hydrogen-bond donors (Lipinski definition) is 0. The zero-order chi connectivity index (χ0) is 16.8. The summed E-state index contributed by atoms with van der Waals surface area (Å²) >= 11 is 0. The summed E-state index contributed by atoms with van der Waals surface area (Å²) in [6.45, 7) is 2.14. The van der Waals surface area contributed by atoms with Gasteiger partial charge in [0.05, 0.1) is 0 Å². The van der Waals surface area contributed by atoms with E-state index in [4.69, 9.17) is 9.15 Å². The van der Waals surface area contributed by atoms with E-state index in [-0.39, 0.29) is 6.61 Å². The van der Waals surface area contributed by atoms with Crippen LogP contribution in [0, 0.1) is 6.92 Å². The number of aromatic nitrogens is 2. The van der Waals surface area contributed by atoms with Crippen molar-refractivity contribution >= 4 is 12.4 Å². The Morgan fingerprint density at radius 3 is 2.71 bits per heavy atom. The Labute approximate surface area is 139 Å². The number of benzene rings is 1. The number of aryl methyl sites for hydroxylation is 1. The highest BCUT2D eigenvalue weighted by atomic mass is 16.5. The molecule has 5 nitrogen and oxygen atoms in total. The van der Waals surface area contributed by atoms with E-state index in [1.165, 1.54) is 6.08 Å². The van der Waals surface area contributed by atoms with Gasteiger partial charge in [0.2, 0.25) is 11.8 Å². The minimum atomic E-state index is 0.276. The molecule has 0 unspecified atom stereocenters. The van der Waals surface area contributed by atoms with Crippen molar-refractivity contribution in [3.8, 4) is 17.3 Å². The monoisotopic (exact) mass is 320 g/mol. The maximum atomic E-state index is 10.3. The molecule has 0 spiro atoms. The first-order valence-electron chi connectivity index (χ1n) is 7.48. The topological polar surface area (TPSA) is 65.2 Å². The molecule has 0 bridgehead atoms. The van der Waals surface area contributed by atoms with Crippen LogP contribution in [0.5, 0.6) is 5.88 Å². The Hall–Kier alpha value is -3.21. The molecule has 3 rings (SSSR count). The van der Waals surface area contributed by atoms with Crippen molar-refractivity contribution in [2.24, 2.45) is 0 Å². The van der Waals surface area contributed by atoms with Crippen LogP contribution in [0.25, 0.3) is 17.5 Å². The van der Waals surface area contributed by atoms with Crippen LogP contribution < -0.4 is 4.74 Å². The van der Waals surface area contributed by atoms with Crippen molar-refractivity contribution in [1.29, 1.82) is 0 Å². The molecule has 2 heterocycles. The minimum absolute atomic E-state index is 0.276. The number of carbonyl (C=O) groups is 1. The van der Waals surface area contributed by atoms with E-state index in [9.17, 15) is 4.79 Å². The van der Waals surface area contributed by atoms with Gasteiger partial charge in [0.15, 0.2) is 0 Å². The van der Waals surface area contributed by atoms with Crippen molar-refractivity contribution in [2.75, 3.05) is 0 Å². The molecule has 0 aliphatic rings. The number of allylic oxidation sites excluding steroid dienone is 1. The molecule has 0 atom stereocenters. The van der Waals surface area contributed by atoms with E-state index >= 15 is 0 Å². The number of nitrogens with zero attached hydrogens (tertiary/aromatic N) is 2. The minimum Gasteiger partial charge on any atom is -0.471 e. The largest absolute Gasteiger partial charge is 0.471 e. The van der Waals surface area contributed by atoms with Crippen LogP contribution in [-0.2, 0) is 11.4 Å². The standard InChI is InChI=1S/C19H16N2O3/c1-14-17(21-19(24-14)16-7-3-2-4-8-16)13-23-18-10-9-15(12-20-18)6-5-11-22/h2-12H,13H2,1H3/b6-5+. The van der Waals surface area contributed by atoms with Gasteiger partial charge in [0.1, 0.15) is 24.3 Å². The van der Waals surface area contributed by atoms with Crippen molar-refractivity contribution in [3.05, 3.63) is 71.8 Å². The van der Waals surface area contributed by atoms with Gasteiger partial charge in [0, 0.05) is 17.8 Å². The van der Waals surface area contributed by atoms with Gasteiger partial charge >= 0.3 is 0 Å². The molecule has 3 aromatic rings. The zero-order valence-corrected chi connectivity index (χ0v) is 13.2. The van der Waals surface area contributed by atoms with Gasteiger partial charge in [-0.2, -0.15) is 0 Å². The molecule has 0 aliphatic carbocycles. The second kappa shape index (κ2) is 7.37. The van der Waals surface area contributed by atoms with Gasteiger partial charge in [-0.3, -0.25) is 4.79 Å². The van der Waals surface area contributed by atoms with Gasteiger partial charge in [-0.05, 0) is 36.8 Å². The molecule has 0 radical (unpaired) electrons. The summed E-state index contributed by atoms with van der Waals surface area (Å²) in [5.74, 6) is 1.79. The third-order valence-electron chi connectivity index (χ3n) is 3.40. The normalized spacial score (nSPS) is 10.9. The highest BCUT2D eigenvalue weighted by Gasteiger charge is 2.12. The van der Waals surface area contributed by atoms with Crippen LogP contribution in [0.1, 0.15) is 17.0 Å². The van der Waals surface area contributed by atoms with Crippen molar-refractivity contribution < 1.29 is 13.9 Å². The fourth-order valence-electron chi connectivity index (χ4n) is 2.13. The summed E-state index contributed by atoms with van der Waals surface area (Å²) in [5, 5.41) is 0. The Balaban J connectivity index is 1.67. The van der Waals surface area contributed by atoms with E-state index in [2.05, 4.69) is 9.97 Å².